The highest BCUT2D eigenvalue weighted by Gasteiger charge is 2.31. The number of rotatable bonds is 3. The van der Waals surface area contributed by atoms with Gasteiger partial charge in [-0.2, -0.15) is 5.10 Å². The second kappa shape index (κ2) is 3.38. The second-order valence-corrected chi connectivity index (χ2v) is 3.63. The minimum absolute atomic E-state index is 0.0199. The van der Waals surface area contributed by atoms with Crippen molar-refractivity contribution < 1.29 is 14.7 Å². The van der Waals surface area contributed by atoms with Crippen LogP contribution < -0.4 is 5.32 Å². The Bertz CT molecular complexity index is 420. The molecule has 15 heavy (non-hydrogen) atoms. The Hall–Kier alpha value is -1.85. The first-order valence-corrected chi connectivity index (χ1v) is 4.65. The van der Waals surface area contributed by atoms with Crippen molar-refractivity contribution in [3.05, 3.63) is 11.8 Å². The first kappa shape index (κ1) is 9.70. The summed E-state index contributed by atoms with van der Waals surface area (Å²) in [5, 5.41) is 15.3. The molecule has 0 atom stereocenters. The number of aromatic carboxylic acids is 1. The summed E-state index contributed by atoms with van der Waals surface area (Å²) in [6.07, 6.45) is 3.12. The van der Waals surface area contributed by atoms with Crippen LogP contribution in [0.1, 0.15) is 23.2 Å². The molecule has 0 aromatic carbocycles. The Balaban J connectivity index is 2.18. The highest BCUT2D eigenvalue weighted by Crippen LogP contribution is 2.30. The lowest BCUT2D eigenvalue weighted by molar-refractivity contribution is -0.117. The topological polar surface area (TPSA) is 84.2 Å². The second-order valence-electron chi connectivity index (χ2n) is 3.63. The molecule has 1 saturated carbocycles. The quantitative estimate of drug-likeness (QED) is 0.757. The van der Waals surface area contributed by atoms with Crippen molar-refractivity contribution in [1.29, 1.82) is 0 Å². The monoisotopic (exact) mass is 209 g/mol. The van der Waals surface area contributed by atoms with Gasteiger partial charge in [-0.15, -0.1) is 0 Å². The van der Waals surface area contributed by atoms with Crippen molar-refractivity contribution in [2.45, 2.75) is 12.8 Å². The van der Waals surface area contributed by atoms with E-state index in [-0.39, 0.29) is 23.2 Å². The Labute approximate surface area is 85.9 Å². The number of aromatic nitrogens is 2. The van der Waals surface area contributed by atoms with E-state index >= 15 is 0 Å². The summed E-state index contributed by atoms with van der Waals surface area (Å²) in [7, 11) is 1.61. The molecule has 2 N–H and O–H groups in total. The van der Waals surface area contributed by atoms with Crippen LogP contribution in [0.25, 0.3) is 0 Å². The van der Waals surface area contributed by atoms with Gasteiger partial charge in [0, 0.05) is 19.2 Å². The molecule has 80 valence electrons. The van der Waals surface area contributed by atoms with Crippen molar-refractivity contribution in [3.63, 3.8) is 0 Å². The molecule has 1 fully saturated rings. The zero-order valence-corrected chi connectivity index (χ0v) is 8.23. The van der Waals surface area contributed by atoms with Crippen LogP contribution in [-0.4, -0.2) is 26.8 Å². The van der Waals surface area contributed by atoms with E-state index in [1.165, 1.54) is 10.9 Å². The maximum atomic E-state index is 11.4. The van der Waals surface area contributed by atoms with Gasteiger partial charge in [0.05, 0.1) is 0 Å². The van der Waals surface area contributed by atoms with Crippen molar-refractivity contribution >= 4 is 17.7 Å². The normalized spacial score (nSPS) is 15.0. The van der Waals surface area contributed by atoms with Crippen LogP contribution in [-0.2, 0) is 11.8 Å². The minimum atomic E-state index is -1.09. The van der Waals surface area contributed by atoms with Crippen LogP contribution in [0.3, 0.4) is 0 Å². The van der Waals surface area contributed by atoms with E-state index in [1.54, 1.807) is 7.05 Å². The van der Waals surface area contributed by atoms with Gasteiger partial charge in [0.15, 0.2) is 5.82 Å². The summed E-state index contributed by atoms with van der Waals surface area (Å²) in [4.78, 5) is 22.2. The first-order valence-electron chi connectivity index (χ1n) is 4.65. The van der Waals surface area contributed by atoms with Gasteiger partial charge in [-0.25, -0.2) is 4.79 Å². The summed E-state index contributed by atoms with van der Waals surface area (Å²) in [6, 6.07) is 0. The lowest BCUT2D eigenvalue weighted by atomic mass is 10.3. The largest absolute Gasteiger partial charge is 0.477 e. The molecule has 0 spiro atoms. The molecule has 0 aliphatic heterocycles. The van der Waals surface area contributed by atoms with E-state index in [2.05, 4.69) is 10.4 Å². The number of carbonyl (C=O) groups is 2. The fraction of sp³-hybridized carbons (Fsp3) is 0.444. The Kier molecular flexibility index (Phi) is 2.18. The molecular formula is C9H11N3O3. The van der Waals surface area contributed by atoms with E-state index in [1.807, 2.05) is 0 Å². The molecule has 0 bridgehead atoms. The van der Waals surface area contributed by atoms with E-state index in [9.17, 15) is 9.59 Å². The molecule has 0 saturated heterocycles. The van der Waals surface area contributed by atoms with E-state index in [0.29, 0.717) is 0 Å². The molecule has 1 amide bonds. The number of hydrogen-bond donors (Lipinski definition) is 2. The molecule has 1 aliphatic carbocycles. The van der Waals surface area contributed by atoms with Gasteiger partial charge in [0.25, 0.3) is 0 Å². The third-order valence-electron chi connectivity index (χ3n) is 2.25. The summed E-state index contributed by atoms with van der Waals surface area (Å²) < 4.78 is 1.37. The van der Waals surface area contributed by atoms with E-state index in [4.69, 9.17) is 5.11 Å². The molecule has 1 aromatic rings. The molecule has 0 unspecified atom stereocenters. The average Bonchev–Trinajstić information content (AvgIpc) is 2.91. The summed E-state index contributed by atoms with van der Waals surface area (Å²) in [5.74, 6) is -1.07. The number of amides is 1. The SMILES string of the molecule is Cn1cc(C(=O)O)c(NC(=O)C2CC2)n1. The number of carboxylic acid groups (broad SMARTS) is 1. The van der Waals surface area contributed by atoms with Gasteiger partial charge in [0.2, 0.25) is 5.91 Å². The number of aryl methyl sites for hydroxylation is 1. The number of nitrogens with zero attached hydrogens (tertiary/aromatic N) is 2. The Morgan fingerprint density at radius 2 is 2.27 bits per heavy atom. The van der Waals surface area contributed by atoms with Gasteiger partial charge in [-0.05, 0) is 12.8 Å². The zero-order valence-electron chi connectivity index (χ0n) is 8.23. The number of nitrogens with one attached hydrogen (secondary N) is 1. The van der Waals surface area contributed by atoms with Gasteiger partial charge in [-0.3, -0.25) is 9.48 Å². The molecule has 6 heteroatoms. The molecule has 2 rings (SSSR count). The fourth-order valence-corrected chi connectivity index (χ4v) is 1.30. The minimum Gasteiger partial charge on any atom is -0.477 e. The number of hydrogen-bond acceptors (Lipinski definition) is 3. The van der Waals surface area contributed by atoms with Crippen LogP contribution in [0, 0.1) is 5.92 Å². The smallest absolute Gasteiger partial charge is 0.341 e. The fourth-order valence-electron chi connectivity index (χ4n) is 1.30. The van der Waals surface area contributed by atoms with Crippen molar-refractivity contribution in [3.8, 4) is 0 Å². The van der Waals surface area contributed by atoms with Crippen LogP contribution >= 0.6 is 0 Å². The summed E-state index contributed by atoms with van der Waals surface area (Å²) in [5.41, 5.74) is 0.0199. The highest BCUT2D eigenvalue weighted by molar-refractivity contribution is 6.00. The van der Waals surface area contributed by atoms with Crippen LogP contribution in [0.4, 0.5) is 5.82 Å². The maximum absolute atomic E-state index is 11.4. The van der Waals surface area contributed by atoms with Gasteiger partial charge in [0.1, 0.15) is 5.56 Å². The molecule has 1 aliphatic rings. The standard InChI is InChI=1S/C9H11N3O3/c1-12-4-6(9(14)15)7(11-12)10-8(13)5-2-3-5/h4-5H,2-3H2,1H3,(H,14,15)(H,10,11,13). The molecular weight excluding hydrogens is 198 g/mol. The molecule has 1 heterocycles. The van der Waals surface area contributed by atoms with Crippen molar-refractivity contribution in [1.82, 2.24) is 9.78 Å². The summed E-state index contributed by atoms with van der Waals surface area (Å²) >= 11 is 0. The molecule has 1 aromatic heterocycles. The van der Waals surface area contributed by atoms with Gasteiger partial charge < -0.3 is 10.4 Å². The maximum Gasteiger partial charge on any atom is 0.341 e. The van der Waals surface area contributed by atoms with Gasteiger partial charge in [-0.1, -0.05) is 0 Å². The number of anilines is 1. The average molecular weight is 209 g/mol. The van der Waals surface area contributed by atoms with Crippen LogP contribution in [0.15, 0.2) is 6.20 Å². The predicted octanol–water partition coefficient (Wildman–Crippen LogP) is 0.467. The van der Waals surface area contributed by atoms with E-state index in [0.717, 1.165) is 12.8 Å². The van der Waals surface area contributed by atoms with Crippen LogP contribution in [0.2, 0.25) is 0 Å². The number of carboxylic acids is 1. The Morgan fingerprint density at radius 1 is 1.60 bits per heavy atom. The van der Waals surface area contributed by atoms with Gasteiger partial charge >= 0.3 is 5.97 Å². The zero-order chi connectivity index (χ0) is 11.0. The lowest BCUT2D eigenvalue weighted by Crippen LogP contribution is -2.15. The van der Waals surface area contributed by atoms with Crippen molar-refractivity contribution in [2.75, 3.05) is 5.32 Å². The summed E-state index contributed by atoms with van der Waals surface area (Å²) in [6.45, 7) is 0. The number of carbonyl (C=O) groups excluding carboxylic acids is 1. The Morgan fingerprint density at radius 3 is 2.80 bits per heavy atom. The molecule has 6 nitrogen and oxygen atoms in total. The van der Waals surface area contributed by atoms with E-state index < -0.39 is 5.97 Å². The first-order chi connectivity index (χ1) is 7.08. The third kappa shape index (κ3) is 1.98. The molecule has 0 radical (unpaired) electrons. The highest BCUT2D eigenvalue weighted by atomic mass is 16.4. The lowest BCUT2D eigenvalue weighted by Gasteiger charge is -2.00. The van der Waals surface area contributed by atoms with Crippen LogP contribution in [0.5, 0.6) is 0 Å². The predicted molar refractivity (Wildman–Crippen MR) is 51.5 cm³/mol. The van der Waals surface area contributed by atoms with Crippen molar-refractivity contribution in [2.24, 2.45) is 13.0 Å². The third-order valence-corrected chi connectivity index (χ3v) is 2.25.